The highest BCUT2D eigenvalue weighted by Gasteiger charge is 2.26. The third-order valence-electron chi connectivity index (χ3n) is 5.81. The Hall–Kier alpha value is -4.42. The molecule has 1 amide bonds. The molecule has 10 nitrogen and oxygen atoms in total. The van der Waals surface area contributed by atoms with Crippen LogP contribution in [-0.4, -0.2) is 42.1 Å². The lowest BCUT2D eigenvalue weighted by molar-refractivity contribution is -0.384. The number of likely N-dealkylation sites (N-methyl/N-ethyl adjacent to an activating group) is 1. The number of carbonyl (C=O) groups is 1. The SMILES string of the molecule is CN(CC(Nc1ccc(C(N)=O)c2ncccc12)c1cccc(F)c1)S(=O)(=O)c1ccc([N+](=O)[O-])cc1. The Morgan fingerprint density at radius 1 is 1.14 bits per heavy atom. The van der Waals surface area contributed by atoms with Crippen LogP contribution < -0.4 is 11.1 Å². The molecule has 3 aromatic carbocycles. The highest BCUT2D eigenvalue weighted by atomic mass is 32.2. The first-order valence-corrected chi connectivity index (χ1v) is 12.4. The lowest BCUT2D eigenvalue weighted by Gasteiger charge is -2.27. The van der Waals surface area contributed by atoms with Crippen LogP contribution in [0, 0.1) is 15.9 Å². The molecular formula is C25H22FN5O5S. The number of nitrogens with two attached hydrogens (primary N) is 1. The fourth-order valence-electron chi connectivity index (χ4n) is 3.92. The zero-order chi connectivity index (χ0) is 26.7. The normalized spacial score (nSPS) is 12.4. The molecule has 3 N–H and O–H groups in total. The second-order valence-corrected chi connectivity index (χ2v) is 10.3. The monoisotopic (exact) mass is 523 g/mol. The number of benzene rings is 3. The molecule has 12 heteroatoms. The quantitative estimate of drug-likeness (QED) is 0.250. The number of pyridine rings is 1. The van der Waals surface area contributed by atoms with Gasteiger partial charge in [0.2, 0.25) is 10.0 Å². The average molecular weight is 524 g/mol. The Labute approximate surface area is 211 Å². The molecule has 0 spiro atoms. The third kappa shape index (κ3) is 5.39. The molecule has 0 fully saturated rings. The van der Waals surface area contributed by atoms with Gasteiger partial charge in [-0.25, -0.2) is 12.8 Å². The van der Waals surface area contributed by atoms with Crippen molar-refractivity contribution in [3.05, 3.63) is 106 Å². The molecule has 1 unspecified atom stereocenters. The van der Waals surface area contributed by atoms with Gasteiger partial charge in [-0.3, -0.25) is 19.9 Å². The van der Waals surface area contributed by atoms with Gasteiger partial charge >= 0.3 is 0 Å². The molecule has 1 aromatic heterocycles. The summed E-state index contributed by atoms with van der Waals surface area (Å²) >= 11 is 0. The van der Waals surface area contributed by atoms with Crippen LogP contribution in [0.1, 0.15) is 22.0 Å². The summed E-state index contributed by atoms with van der Waals surface area (Å²) in [5, 5.41) is 14.8. The number of fused-ring (bicyclic) bond motifs is 1. The molecule has 0 aliphatic rings. The summed E-state index contributed by atoms with van der Waals surface area (Å²) in [6.07, 6.45) is 1.52. The second-order valence-electron chi connectivity index (χ2n) is 8.21. The topological polar surface area (TPSA) is 149 Å². The van der Waals surface area contributed by atoms with Gasteiger partial charge in [0.15, 0.2) is 0 Å². The van der Waals surface area contributed by atoms with E-state index in [0.29, 0.717) is 22.2 Å². The van der Waals surface area contributed by atoms with E-state index in [2.05, 4.69) is 10.3 Å². The molecule has 4 rings (SSSR count). The van der Waals surface area contributed by atoms with Gasteiger partial charge in [-0.1, -0.05) is 12.1 Å². The van der Waals surface area contributed by atoms with Crippen LogP contribution in [-0.2, 0) is 10.0 Å². The van der Waals surface area contributed by atoms with E-state index in [1.54, 1.807) is 24.3 Å². The van der Waals surface area contributed by atoms with Gasteiger partial charge in [0.05, 0.1) is 26.9 Å². The van der Waals surface area contributed by atoms with Crippen LogP contribution in [0.4, 0.5) is 15.8 Å². The number of sulfonamides is 1. The van der Waals surface area contributed by atoms with Gasteiger partial charge in [-0.15, -0.1) is 0 Å². The van der Waals surface area contributed by atoms with Gasteiger partial charge in [-0.05, 0) is 54.1 Å². The van der Waals surface area contributed by atoms with E-state index in [4.69, 9.17) is 5.73 Å². The standard InChI is InChI=1S/C25H22FN5O5S/c1-30(37(35,36)19-9-7-18(8-10-19)31(33)34)15-23(16-4-2-5-17(26)14-16)29-22-12-11-21(25(27)32)24-20(22)6-3-13-28-24/h2-14,23,29H,15H2,1H3,(H2,27,32). The molecule has 1 heterocycles. The first-order chi connectivity index (χ1) is 17.6. The van der Waals surface area contributed by atoms with E-state index >= 15 is 0 Å². The molecule has 190 valence electrons. The average Bonchev–Trinajstić information content (AvgIpc) is 2.88. The Bertz CT molecular complexity index is 1600. The largest absolute Gasteiger partial charge is 0.376 e. The third-order valence-corrected chi connectivity index (χ3v) is 7.65. The first kappa shape index (κ1) is 25.7. The summed E-state index contributed by atoms with van der Waals surface area (Å²) in [7, 11) is -2.68. The van der Waals surface area contributed by atoms with E-state index in [9.17, 15) is 27.7 Å². The van der Waals surface area contributed by atoms with Crippen LogP contribution in [0.2, 0.25) is 0 Å². The van der Waals surface area contributed by atoms with Crippen molar-refractivity contribution in [2.45, 2.75) is 10.9 Å². The van der Waals surface area contributed by atoms with Crippen molar-refractivity contribution in [3.8, 4) is 0 Å². The van der Waals surface area contributed by atoms with Crippen LogP contribution in [0.3, 0.4) is 0 Å². The van der Waals surface area contributed by atoms with Crippen LogP contribution >= 0.6 is 0 Å². The summed E-state index contributed by atoms with van der Waals surface area (Å²) in [6.45, 7) is -0.123. The maximum absolute atomic E-state index is 14.1. The van der Waals surface area contributed by atoms with E-state index in [1.165, 1.54) is 37.5 Å². The molecule has 0 aliphatic heterocycles. The summed E-state index contributed by atoms with van der Waals surface area (Å²) in [5.41, 5.74) is 6.84. The fourth-order valence-corrected chi connectivity index (χ4v) is 5.10. The number of primary amides is 1. The first-order valence-electron chi connectivity index (χ1n) is 11.0. The number of nitrogens with zero attached hydrogens (tertiary/aromatic N) is 3. The number of rotatable bonds is 9. The molecule has 0 saturated heterocycles. The molecule has 37 heavy (non-hydrogen) atoms. The number of anilines is 1. The molecule has 0 aliphatic carbocycles. The van der Waals surface area contributed by atoms with Crippen LogP contribution in [0.5, 0.6) is 0 Å². The number of nitro benzene ring substituents is 1. The molecule has 1 atom stereocenters. The number of nitro groups is 1. The van der Waals surface area contributed by atoms with Crippen LogP contribution in [0.25, 0.3) is 10.9 Å². The number of amides is 1. The summed E-state index contributed by atoms with van der Waals surface area (Å²) in [6, 6.07) is 16.1. The van der Waals surface area contributed by atoms with Gasteiger partial charge in [-0.2, -0.15) is 4.31 Å². The lowest BCUT2D eigenvalue weighted by atomic mass is 10.0. The van der Waals surface area contributed by atoms with Crippen molar-refractivity contribution in [2.24, 2.45) is 5.73 Å². The minimum Gasteiger partial charge on any atom is -0.376 e. The number of hydrogen-bond acceptors (Lipinski definition) is 7. The smallest absolute Gasteiger partial charge is 0.269 e. The number of nitrogens with one attached hydrogen (secondary N) is 1. The molecular weight excluding hydrogens is 501 g/mol. The number of halogens is 1. The van der Waals surface area contributed by atoms with Crippen molar-refractivity contribution in [1.82, 2.24) is 9.29 Å². The highest BCUT2D eigenvalue weighted by molar-refractivity contribution is 7.89. The number of aromatic nitrogens is 1. The molecule has 0 saturated carbocycles. The van der Waals surface area contributed by atoms with E-state index in [0.717, 1.165) is 28.6 Å². The van der Waals surface area contributed by atoms with Gasteiger partial charge in [0, 0.05) is 43.0 Å². The minimum absolute atomic E-state index is 0.123. The van der Waals surface area contributed by atoms with Crippen molar-refractivity contribution < 1.29 is 22.5 Å². The van der Waals surface area contributed by atoms with Gasteiger partial charge < -0.3 is 11.1 Å². The van der Waals surface area contributed by atoms with Crippen molar-refractivity contribution >= 4 is 38.2 Å². The maximum atomic E-state index is 14.1. The molecule has 0 bridgehead atoms. The molecule has 4 aromatic rings. The lowest BCUT2D eigenvalue weighted by Crippen LogP contribution is -2.33. The minimum atomic E-state index is -4.04. The predicted octanol–water partition coefficient (Wildman–Crippen LogP) is 3.85. The summed E-state index contributed by atoms with van der Waals surface area (Å²) < 4.78 is 41.7. The van der Waals surface area contributed by atoms with E-state index < -0.39 is 32.7 Å². The Kier molecular flexibility index (Phi) is 7.14. The van der Waals surface area contributed by atoms with Crippen molar-refractivity contribution in [2.75, 3.05) is 18.9 Å². The van der Waals surface area contributed by atoms with Gasteiger partial charge in [0.25, 0.3) is 11.6 Å². The summed E-state index contributed by atoms with van der Waals surface area (Å²) in [5.74, 6) is -1.15. The molecule has 0 radical (unpaired) electrons. The van der Waals surface area contributed by atoms with Crippen LogP contribution in [0.15, 0.2) is 83.9 Å². The second kappa shape index (κ2) is 10.3. The van der Waals surface area contributed by atoms with Gasteiger partial charge in [0.1, 0.15) is 5.82 Å². The maximum Gasteiger partial charge on any atom is 0.269 e. The van der Waals surface area contributed by atoms with Crippen molar-refractivity contribution in [3.63, 3.8) is 0 Å². The highest BCUT2D eigenvalue weighted by Crippen LogP contribution is 2.30. The zero-order valence-corrected chi connectivity index (χ0v) is 20.4. The summed E-state index contributed by atoms with van der Waals surface area (Å²) in [4.78, 5) is 26.3. The Balaban J connectivity index is 1.71. The number of non-ortho nitro benzene ring substituents is 1. The number of carbonyl (C=O) groups excluding carboxylic acids is 1. The zero-order valence-electron chi connectivity index (χ0n) is 19.5. The van der Waals surface area contributed by atoms with E-state index in [1.807, 2.05) is 0 Å². The number of hydrogen-bond donors (Lipinski definition) is 2. The van der Waals surface area contributed by atoms with E-state index in [-0.39, 0.29) is 22.7 Å². The Morgan fingerprint density at radius 2 is 1.86 bits per heavy atom. The fraction of sp³-hybridized carbons (Fsp3) is 0.120. The Morgan fingerprint density at radius 3 is 2.51 bits per heavy atom. The van der Waals surface area contributed by atoms with Crippen molar-refractivity contribution in [1.29, 1.82) is 0 Å². The predicted molar refractivity (Wildman–Crippen MR) is 136 cm³/mol.